The molecule has 0 N–H and O–H groups in total. The molecule has 16 heavy (non-hydrogen) atoms. The van der Waals surface area contributed by atoms with Crippen LogP contribution in [0.25, 0.3) is 0 Å². The van der Waals surface area contributed by atoms with E-state index < -0.39 is 0 Å². The van der Waals surface area contributed by atoms with Gasteiger partial charge in [-0.15, -0.1) is 0 Å². The first-order chi connectivity index (χ1) is 7.86. The van der Waals surface area contributed by atoms with Crippen LogP contribution < -0.4 is 0 Å². The van der Waals surface area contributed by atoms with Gasteiger partial charge in [-0.25, -0.2) is 0 Å². The summed E-state index contributed by atoms with van der Waals surface area (Å²) in [5, 5.41) is 0. The Labute approximate surface area is 98.5 Å². The fourth-order valence-corrected chi connectivity index (χ4v) is 2.07. The van der Waals surface area contributed by atoms with Gasteiger partial charge in [-0.3, -0.25) is 0 Å². The van der Waals surface area contributed by atoms with E-state index in [1.54, 1.807) is 0 Å². The molecule has 2 unspecified atom stereocenters. The summed E-state index contributed by atoms with van der Waals surface area (Å²) in [5.41, 5.74) is 0. The van der Waals surface area contributed by atoms with Gasteiger partial charge in [0.15, 0.2) is 6.29 Å². The Balaban J connectivity index is 2.04. The van der Waals surface area contributed by atoms with Crippen LogP contribution in [0.5, 0.6) is 0 Å². The predicted molar refractivity (Wildman–Crippen MR) is 63.2 cm³/mol. The van der Waals surface area contributed by atoms with Gasteiger partial charge in [0.1, 0.15) is 6.29 Å². The van der Waals surface area contributed by atoms with Gasteiger partial charge in [0, 0.05) is 19.6 Å². The van der Waals surface area contributed by atoms with Crippen LogP contribution in [0.2, 0.25) is 0 Å². The van der Waals surface area contributed by atoms with Crippen LogP contribution in [0.3, 0.4) is 0 Å². The molecule has 1 heterocycles. The molecule has 1 aliphatic rings. The maximum atomic E-state index is 10.3. The Hall–Kier alpha value is -0.410. The molecule has 0 radical (unpaired) electrons. The van der Waals surface area contributed by atoms with Crippen molar-refractivity contribution in [1.29, 1.82) is 0 Å². The van der Waals surface area contributed by atoms with Gasteiger partial charge in [-0.05, 0) is 38.0 Å². The Morgan fingerprint density at radius 1 is 1.44 bits per heavy atom. The van der Waals surface area contributed by atoms with E-state index in [1.165, 1.54) is 6.42 Å². The van der Waals surface area contributed by atoms with E-state index in [9.17, 15) is 4.79 Å². The van der Waals surface area contributed by atoms with Crippen LogP contribution in [-0.2, 0) is 14.3 Å². The molecule has 1 aliphatic heterocycles. The molecule has 94 valence electrons. The summed E-state index contributed by atoms with van der Waals surface area (Å²) in [5.74, 6) is 0.619. The average molecular weight is 228 g/mol. The van der Waals surface area contributed by atoms with Gasteiger partial charge in [0.25, 0.3) is 0 Å². The molecular weight excluding hydrogens is 204 g/mol. The highest BCUT2D eigenvalue weighted by atomic mass is 16.7. The molecule has 0 amide bonds. The van der Waals surface area contributed by atoms with E-state index in [4.69, 9.17) is 9.47 Å². The lowest BCUT2D eigenvalue weighted by Crippen LogP contribution is -2.23. The third-order valence-electron chi connectivity index (χ3n) is 3.24. The number of carbonyl (C=O) groups is 1. The molecule has 0 saturated carbocycles. The standard InChI is InChI=1S/C13H24O3/c1-2-12(6-5-9-14)8-11-16-13-7-3-4-10-15-13/h9,12-13H,2-8,10-11H2,1H3. The van der Waals surface area contributed by atoms with Crippen molar-refractivity contribution in [2.45, 2.75) is 58.2 Å². The Bertz CT molecular complexity index is 176. The number of rotatable bonds is 8. The van der Waals surface area contributed by atoms with E-state index in [2.05, 4.69) is 6.92 Å². The third-order valence-corrected chi connectivity index (χ3v) is 3.24. The van der Waals surface area contributed by atoms with Gasteiger partial charge in [0.05, 0.1) is 0 Å². The van der Waals surface area contributed by atoms with Crippen LogP contribution in [0.1, 0.15) is 51.9 Å². The molecular formula is C13H24O3. The predicted octanol–water partition coefficient (Wildman–Crippen LogP) is 2.93. The lowest BCUT2D eigenvalue weighted by molar-refractivity contribution is -0.164. The van der Waals surface area contributed by atoms with Crippen LogP contribution in [0, 0.1) is 5.92 Å². The van der Waals surface area contributed by atoms with E-state index in [1.807, 2.05) is 0 Å². The molecule has 1 fully saturated rings. The van der Waals surface area contributed by atoms with E-state index >= 15 is 0 Å². The van der Waals surface area contributed by atoms with Gasteiger partial charge in [-0.2, -0.15) is 0 Å². The van der Waals surface area contributed by atoms with Crippen molar-refractivity contribution < 1.29 is 14.3 Å². The summed E-state index contributed by atoms with van der Waals surface area (Å²) in [6, 6.07) is 0. The van der Waals surface area contributed by atoms with Crippen molar-refractivity contribution in [2.75, 3.05) is 13.2 Å². The van der Waals surface area contributed by atoms with Crippen molar-refractivity contribution >= 4 is 6.29 Å². The summed E-state index contributed by atoms with van der Waals surface area (Å²) >= 11 is 0. The molecule has 1 rings (SSSR count). The van der Waals surface area contributed by atoms with Crippen LogP contribution in [-0.4, -0.2) is 25.8 Å². The molecule has 0 aromatic rings. The lowest BCUT2D eigenvalue weighted by atomic mass is 9.97. The Morgan fingerprint density at radius 3 is 2.94 bits per heavy atom. The first kappa shape index (κ1) is 13.7. The van der Waals surface area contributed by atoms with E-state index in [-0.39, 0.29) is 6.29 Å². The second kappa shape index (κ2) is 8.71. The molecule has 0 aliphatic carbocycles. The molecule has 2 atom stereocenters. The summed E-state index contributed by atoms with van der Waals surface area (Å²) in [4.78, 5) is 10.3. The molecule has 0 bridgehead atoms. The molecule has 0 aromatic heterocycles. The highest BCUT2D eigenvalue weighted by molar-refractivity contribution is 5.49. The van der Waals surface area contributed by atoms with Crippen LogP contribution >= 0.6 is 0 Å². The number of hydrogen-bond acceptors (Lipinski definition) is 3. The van der Waals surface area contributed by atoms with Crippen molar-refractivity contribution in [3.05, 3.63) is 0 Å². The first-order valence-electron chi connectivity index (χ1n) is 6.53. The van der Waals surface area contributed by atoms with E-state index in [0.717, 1.165) is 51.6 Å². The molecule has 3 nitrogen and oxygen atoms in total. The van der Waals surface area contributed by atoms with Crippen molar-refractivity contribution in [3.63, 3.8) is 0 Å². The highest BCUT2D eigenvalue weighted by Gasteiger charge is 2.14. The molecule has 0 aromatic carbocycles. The van der Waals surface area contributed by atoms with Gasteiger partial charge in [-0.1, -0.05) is 13.3 Å². The van der Waals surface area contributed by atoms with Gasteiger partial charge >= 0.3 is 0 Å². The van der Waals surface area contributed by atoms with Crippen molar-refractivity contribution in [2.24, 2.45) is 5.92 Å². The van der Waals surface area contributed by atoms with E-state index in [0.29, 0.717) is 12.3 Å². The van der Waals surface area contributed by atoms with Gasteiger partial charge < -0.3 is 14.3 Å². The quantitative estimate of drug-likeness (QED) is 0.599. The van der Waals surface area contributed by atoms with Crippen molar-refractivity contribution in [3.8, 4) is 0 Å². The maximum Gasteiger partial charge on any atom is 0.157 e. The first-order valence-corrected chi connectivity index (χ1v) is 6.53. The van der Waals surface area contributed by atoms with Crippen LogP contribution in [0.4, 0.5) is 0 Å². The largest absolute Gasteiger partial charge is 0.353 e. The fraction of sp³-hybridized carbons (Fsp3) is 0.923. The minimum absolute atomic E-state index is 0.0253. The number of carbonyl (C=O) groups excluding carboxylic acids is 1. The highest BCUT2D eigenvalue weighted by Crippen LogP contribution is 2.17. The fourth-order valence-electron chi connectivity index (χ4n) is 2.07. The lowest BCUT2D eigenvalue weighted by Gasteiger charge is -2.23. The number of aldehydes is 1. The number of ether oxygens (including phenoxy) is 2. The smallest absolute Gasteiger partial charge is 0.157 e. The summed E-state index contributed by atoms with van der Waals surface area (Å²) in [6.07, 6.45) is 8.29. The molecule has 1 saturated heterocycles. The average Bonchev–Trinajstić information content (AvgIpc) is 2.35. The molecule has 0 spiro atoms. The normalized spacial score (nSPS) is 22.9. The van der Waals surface area contributed by atoms with Crippen molar-refractivity contribution in [1.82, 2.24) is 0 Å². The number of hydrogen-bond donors (Lipinski definition) is 0. The van der Waals surface area contributed by atoms with Gasteiger partial charge in [0.2, 0.25) is 0 Å². The van der Waals surface area contributed by atoms with Crippen LogP contribution in [0.15, 0.2) is 0 Å². The zero-order valence-corrected chi connectivity index (χ0v) is 10.3. The zero-order valence-electron chi connectivity index (χ0n) is 10.3. The zero-order chi connectivity index (χ0) is 11.6. The topological polar surface area (TPSA) is 35.5 Å². The Morgan fingerprint density at radius 2 is 2.31 bits per heavy atom. The second-order valence-electron chi connectivity index (χ2n) is 4.47. The SMILES string of the molecule is CCC(CCC=O)CCOC1CCCCO1. The third kappa shape index (κ3) is 5.61. The molecule has 3 heteroatoms. The Kier molecular flexibility index (Phi) is 7.43. The summed E-state index contributed by atoms with van der Waals surface area (Å²) in [6.45, 7) is 3.78. The summed E-state index contributed by atoms with van der Waals surface area (Å²) in [7, 11) is 0. The minimum Gasteiger partial charge on any atom is -0.353 e. The second-order valence-corrected chi connectivity index (χ2v) is 4.47. The maximum absolute atomic E-state index is 10.3. The summed E-state index contributed by atoms with van der Waals surface area (Å²) < 4.78 is 11.2. The monoisotopic (exact) mass is 228 g/mol. The minimum atomic E-state index is 0.0253.